The van der Waals surface area contributed by atoms with Crippen LogP contribution in [0.1, 0.15) is 18.4 Å². The third kappa shape index (κ3) is 1.74. The van der Waals surface area contributed by atoms with E-state index in [1.807, 2.05) is 6.07 Å². The highest BCUT2D eigenvalue weighted by molar-refractivity contribution is 5.17. The van der Waals surface area contributed by atoms with Gasteiger partial charge < -0.3 is 9.84 Å². The van der Waals surface area contributed by atoms with Crippen molar-refractivity contribution in [1.82, 2.24) is 4.98 Å². The second-order valence-electron chi connectivity index (χ2n) is 2.98. The molecule has 64 valence electrons. The second kappa shape index (κ2) is 3.11. The number of aliphatic hydroxyl groups excluding tert-OH is 1. The van der Waals surface area contributed by atoms with Crippen molar-refractivity contribution in [3.63, 3.8) is 0 Å². The molecule has 12 heavy (non-hydrogen) atoms. The SMILES string of the molecule is OCc1ccc(OC2CC2)nc1. The summed E-state index contributed by atoms with van der Waals surface area (Å²) < 4.78 is 5.43. The molecule has 0 unspecified atom stereocenters. The smallest absolute Gasteiger partial charge is 0.213 e. The maximum Gasteiger partial charge on any atom is 0.213 e. The maximum atomic E-state index is 8.74. The fourth-order valence-corrected chi connectivity index (χ4v) is 0.931. The summed E-state index contributed by atoms with van der Waals surface area (Å²) in [6.45, 7) is 0.0384. The number of aliphatic hydroxyl groups is 1. The Hall–Kier alpha value is -1.09. The Morgan fingerprint density at radius 1 is 1.50 bits per heavy atom. The van der Waals surface area contributed by atoms with Crippen LogP contribution in [0.2, 0.25) is 0 Å². The number of ether oxygens (including phenoxy) is 1. The Morgan fingerprint density at radius 3 is 2.83 bits per heavy atom. The van der Waals surface area contributed by atoms with Crippen molar-refractivity contribution < 1.29 is 9.84 Å². The van der Waals surface area contributed by atoms with Gasteiger partial charge in [-0.1, -0.05) is 0 Å². The third-order valence-electron chi connectivity index (χ3n) is 1.79. The molecule has 1 aliphatic rings. The molecule has 1 saturated carbocycles. The van der Waals surface area contributed by atoms with Gasteiger partial charge >= 0.3 is 0 Å². The van der Waals surface area contributed by atoms with Crippen LogP contribution >= 0.6 is 0 Å². The Bertz CT molecular complexity index is 254. The first-order valence-corrected chi connectivity index (χ1v) is 4.11. The summed E-state index contributed by atoms with van der Waals surface area (Å²) in [7, 11) is 0. The summed E-state index contributed by atoms with van der Waals surface area (Å²) in [6.07, 6.45) is 4.31. The van der Waals surface area contributed by atoms with Crippen molar-refractivity contribution in [3.8, 4) is 5.88 Å². The van der Waals surface area contributed by atoms with E-state index in [0.717, 1.165) is 18.4 Å². The van der Waals surface area contributed by atoms with Crippen LogP contribution < -0.4 is 4.74 Å². The van der Waals surface area contributed by atoms with Gasteiger partial charge in [0.15, 0.2) is 0 Å². The van der Waals surface area contributed by atoms with E-state index in [-0.39, 0.29) is 6.61 Å². The predicted octanol–water partition coefficient (Wildman–Crippen LogP) is 1.12. The highest BCUT2D eigenvalue weighted by atomic mass is 16.5. The maximum absolute atomic E-state index is 8.74. The molecule has 0 spiro atoms. The van der Waals surface area contributed by atoms with Crippen LogP contribution in [-0.2, 0) is 6.61 Å². The summed E-state index contributed by atoms with van der Waals surface area (Å²) in [5.74, 6) is 0.662. The normalized spacial score (nSPS) is 16.1. The van der Waals surface area contributed by atoms with Crippen LogP contribution in [0.3, 0.4) is 0 Å². The molecule has 1 heterocycles. The molecule has 0 aromatic carbocycles. The topological polar surface area (TPSA) is 42.4 Å². The zero-order valence-corrected chi connectivity index (χ0v) is 6.73. The van der Waals surface area contributed by atoms with Crippen LogP contribution in [0.25, 0.3) is 0 Å². The fourth-order valence-electron chi connectivity index (χ4n) is 0.931. The first-order chi connectivity index (χ1) is 5.88. The van der Waals surface area contributed by atoms with E-state index in [0.29, 0.717) is 12.0 Å². The molecule has 1 aliphatic carbocycles. The summed E-state index contributed by atoms with van der Waals surface area (Å²) in [6, 6.07) is 3.62. The van der Waals surface area contributed by atoms with Gasteiger partial charge in [-0.3, -0.25) is 0 Å². The van der Waals surface area contributed by atoms with Crippen LogP contribution in [0.15, 0.2) is 18.3 Å². The monoisotopic (exact) mass is 165 g/mol. The van der Waals surface area contributed by atoms with Gasteiger partial charge in [-0.05, 0) is 24.5 Å². The summed E-state index contributed by atoms with van der Waals surface area (Å²) in [5, 5.41) is 8.74. The van der Waals surface area contributed by atoms with Crippen molar-refractivity contribution in [2.45, 2.75) is 25.6 Å². The minimum absolute atomic E-state index is 0.0384. The van der Waals surface area contributed by atoms with E-state index in [1.165, 1.54) is 0 Å². The second-order valence-corrected chi connectivity index (χ2v) is 2.98. The molecule has 2 rings (SSSR count). The largest absolute Gasteiger partial charge is 0.474 e. The first-order valence-electron chi connectivity index (χ1n) is 4.11. The molecule has 0 bridgehead atoms. The number of nitrogens with zero attached hydrogens (tertiary/aromatic N) is 1. The molecule has 0 aliphatic heterocycles. The highest BCUT2D eigenvalue weighted by Crippen LogP contribution is 2.25. The van der Waals surface area contributed by atoms with Crippen LogP contribution in [-0.4, -0.2) is 16.2 Å². The van der Waals surface area contributed by atoms with Crippen LogP contribution in [0.4, 0.5) is 0 Å². The predicted molar refractivity (Wildman–Crippen MR) is 43.8 cm³/mol. The number of hydrogen-bond acceptors (Lipinski definition) is 3. The van der Waals surface area contributed by atoms with Crippen molar-refractivity contribution in [2.24, 2.45) is 0 Å². The summed E-state index contributed by atoms with van der Waals surface area (Å²) in [5.41, 5.74) is 0.818. The van der Waals surface area contributed by atoms with E-state index >= 15 is 0 Å². The Labute approximate surface area is 71.0 Å². The quantitative estimate of drug-likeness (QED) is 0.729. The van der Waals surface area contributed by atoms with Gasteiger partial charge in [0.25, 0.3) is 0 Å². The minimum Gasteiger partial charge on any atom is -0.474 e. The lowest BCUT2D eigenvalue weighted by Gasteiger charge is -2.02. The molecule has 0 radical (unpaired) electrons. The molecular formula is C9H11NO2. The summed E-state index contributed by atoms with van der Waals surface area (Å²) in [4.78, 5) is 4.05. The van der Waals surface area contributed by atoms with Crippen molar-refractivity contribution in [1.29, 1.82) is 0 Å². The molecule has 0 saturated heterocycles. The van der Waals surface area contributed by atoms with Gasteiger partial charge in [0.1, 0.15) is 6.10 Å². The van der Waals surface area contributed by atoms with Gasteiger partial charge in [-0.25, -0.2) is 4.98 Å². The number of pyridine rings is 1. The number of rotatable bonds is 3. The van der Waals surface area contributed by atoms with Gasteiger partial charge in [0, 0.05) is 12.3 Å². The third-order valence-corrected chi connectivity index (χ3v) is 1.79. The van der Waals surface area contributed by atoms with Crippen LogP contribution in [0, 0.1) is 0 Å². The van der Waals surface area contributed by atoms with Crippen LogP contribution in [0.5, 0.6) is 5.88 Å². The minimum atomic E-state index is 0.0384. The number of aromatic nitrogens is 1. The summed E-state index contributed by atoms with van der Waals surface area (Å²) >= 11 is 0. The van der Waals surface area contributed by atoms with Crippen molar-refractivity contribution in [3.05, 3.63) is 23.9 Å². The first kappa shape index (κ1) is 7.55. The zero-order chi connectivity index (χ0) is 8.39. The fraction of sp³-hybridized carbons (Fsp3) is 0.444. The zero-order valence-electron chi connectivity index (χ0n) is 6.73. The Morgan fingerprint density at radius 2 is 2.33 bits per heavy atom. The molecule has 1 aromatic rings. The molecular weight excluding hydrogens is 154 g/mol. The van der Waals surface area contributed by atoms with Crippen molar-refractivity contribution >= 4 is 0 Å². The molecule has 3 nitrogen and oxygen atoms in total. The molecule has 3 heteroatoms. The average molecular weight is 165 g/mol. The molecule has 1 aromatic heterocycles. The van der Waals surface area contributed by atoms with E-state index in [9.17, 15) is 0 Å². The molecule has 1 fully saturated rings. The van der Waals surface area contributed by atoms with Gasteiger partial charge in [0.05, 0.1) is 6.61 Å². The van der Waals surface area contributed by atoms with Gasteiger partial charge in [-0.2, -0.15) is 0 Å². The highest BCUT2D eigenvalue weighted by Gasteiger charge is 2.23. The molecule has 0 amide bonds. The lowest BCUT2D eigenvalue weighted by atomic mass is 10.3. The average Bonchev–Trinajstić information content (AvgIpc) is 2.90. The standard InChI is InChI=1S/C9H11NO2/c11-6-7-1-4-9(10-5-7)12-8-2-3-8/h1,4-5,8,11H,2-3,6H2. The van der Waals surface area contributed by atoms with E-state index in [4.69, 9.17) is 9.84 Å². The molecule has 1 N–H and O–H groups in total. The van der Waals surface area contributed by atoms with Gasteiger partial charge in [-0.15, -0.1) is 0 Å². The Kier molecular flexibility index (Phi) is 1.96. The number of hydrogen-bond donors (Lipinski definition) is 1. The van der Waals surface area contributed by atoms with E-state index in [1.54, 1.807) is 12.3 Å². The van der Waals surface area contributed by atoms with E-state index < -0.39 is 0 Å². The lowest BCUT2D eigenvalue weighted by molar-refractivity contribution is 0.277. The van der Waals surface area contributed by atoms with Crippen molar-refractivity contribution in [2.75, 3.05) is 0 Å². The Balaban J connectivity index is 2.02. The van der Waals surface area contributed by atoms with Gasteiger partial charge in [0.2, 0.25) is 5.88 Å². The van der Waals surface area contributed by atoms with E-state index in [2.05, 4.69) is 4.98 Å². The molecule has 0 atom stereocenters. The lowest BCUT2D eigenvalue weighted by Crippen LogP contribution is -1.98.